The molecule has 0 spiro atoms. The van der Waals surface area contributed by atoms with Crippen molar-refractivity contribution >= 4 is 27.5 Å². The van der Waals surface area contributed by atoms with Crippen molar-refractivity contribution in [3.8, 4) is 5.88 Å². The molecule has 0 unspecified atom stereocenters. The molecule has 1 heterocycles. The van der Waals surface area contributed by atoms with Crippen molar-refractivity contribution in [3.05, 3.63) is 52.4 Å². The summed E-state index contributed by atoms with van der Waals surface area (Å²) in [6.07, 6.45) is 1.54. The number of carbonyl (C=O) groups is 1. The molecule has 6 heteroatoms. The number of nitrogens with zero attached hydrogens (tertiary/aromatic N) is 1. The summed E-state index contributed by atoms with van der Waals surface area (Å²) in [5, 5.41) is 2.56. The lowest BCUT2D eigenvalue weighted by molar-refractivity contribution is 0.102. The maximum Gasteiger partial charge on any atom is 0.259 e. The van der Waals surface area contributed by atoms with E-state index < -0.39 is 11.7 Å². The van der Waals surface area contributed by atoms with Crippen LogP contribution in [0, 0.1) is 5.82 Å². The summed E-state index contributed by atoms with van der Waals surface area (Å²) in [4.78, 5) is 16.0. The lowest BCUT2D eigenvalue weighted by Crippen LogP contribution is -2.15. The largest absolute Gasteiger partial charge is 0.480 e. The molecule has 1 aromatic heterocycles. The average Bonchev–Trinajstić information content (AvgIpc) is 2.39. The summed E-state index contributed by atoms with van der Waals surface area (Å²) in [5.74, 6) is -0.908. The van der Waals surface area contributed by atoms with Crippen LogP contribution in [0.4, 0.5) is 10.1 Å². The Morgan fingerprint density at radius 1 is 1.37 bits per heavy atom. The number of pyridine rings is 1. The summed E-state index contributed by atoms with van der Waals surface area (Å²) in [7, 11) is 1.44. The Labute approximate surface area is 117 Å². The van der Waals surface area contributed by atoms with E-state index in [1.54, 1.807) is 18.2 Å². The first-order valence-electron chi connectivity index (χ1n) is 5.38. The van der Waals surface area contributed by atoms with E-state index >= 15 is 0 Å². The van der Waals surface area contributed by atoms with Crippen LogP contribution < -0.4 is 10.1 Å². The van der Waals surface area contributed by atoms with Crippen LogP contribution in [-0.2, 0) is 0 Å². The summed E-state index contributed by atoms with van der Waals surface area (Å²) >= 11 is 3.15. The van der Waals surface area contributed by atoms with Crippen molar-refractivity contribution < 1.29 is 13.9 Å². The third-order valence-corrected chi connectivity index (χ3v) is 3.06. The molecule has 0 bridgehead atoms. The van der Waals surface area contributed by atoms with Gasteiger partial charge in [0.1, 0.15) is 11.5 Å². The highest BCUT2D eigenvalue weighted by atomic mass is 79.9. The third-order valence-electron chi connectivity index (χ3n) is 2.40. The molecule has 0 saturated heterocycles. The number of anilines is 1. The Balaban J connectivity index is 2.31. The fourth-order valence-electron chi connectivity index (χ4n) is 1.55. The van der Waals surface area contributed by atoms with Crippen LogP contribution in [0.15, 0.2) is 41.0 Å². The van der Waals surface area contributed by atoms with Crippen LogP contribution in [0.1, 0.15) is 10.4 Å². The van der Waals surface area contributed by atoms with Crippen LogP contribution in [0.3, 0.4) is 0 Å². The Hall–Kier alpha value is -1.95. The highest BCUT2D eigenvalue weighted by Crippen LogP contribution is 2.24. The first kappa shape index (κ1) is 13.5. The van der Waals surface area contributed by atoms with Gasteiger partial charge >= 0.3 is 0 Å². The summed E-state index contributed by atoms with van der Waals surface area (Å²) < 4.78 is 19.0. The minimum absolute atomic E-state index is 0.0617. The summed E-state index contributed by atoms with van der Waals surface area (Å²) in [5.41, 5.74) is 0.318. The van der Waals surface area contributed by atoms with Crippen LogP contribution in [0.5, 0.6) is 5.88 Å². The molecule has 0 fully saturated rings. The minimum Gasteiger partial charge on any atom is -0.480 e. The van der Waals surface area contributed by atoms with Gasteiger partial charge in [0.15, 0.2) is 0 Å². The molecule has 2 aromatic rings. The van der Waals surface area contributed by atoms with Crippen LogP contribution in [0.25, 0.3) is 0 Å². The highest BCUT2D eigenvalue weighted by Gasteiger charge is 2.17. The van der Waals surface area contributed by atoms with Gasteiger partial charge in [-0.2, -0.15) is 0 Å². The molecule has 2 rings (SSSR count). The number of nitrogens with one attached hydrogen (secondary N) is 1. The van der Waals surface area contributed by atoms with E-state index in [4.69, 9.17) is 4.74 Å². The third kappa shape index (κ3) is 2.90. The van der Waals surface area contributed by atoms with Crippen molar-refractivity contribution in [2.24, 2.45) is 0 Å². The predicted molar refractivity (Wildman–Crippen MR) is 72.8 cm³/mol. The number of aromatic nitrogens is 1. The predicted octanol–water partition coefficient (Wildman–Crippen LogP) is 3.24. The lowest BCUT2D eigenvalue weighted by atomic mass is 10.2. The molecular weight excluding hydrogens is 315 g/mol. The minimum atomic E-state index is -0.602. The molecule has 0 aliphatic heterocycles. The van der Waals surface area contributed by atoms with Gasteiger partial charge in [-0.15, -0.1) is 0 Å². The highest BCUT2D eigenvalue weighted by molar-refractivity contribution is 9.10. The van der Waals surface area contributed by atoms with Gasteiger partial charge in [-0.3, -0.25) is 4.79 Å². The van der Waals surface area contributed by atoms with Crippen LogP contribution in [-0.4, -0.2) is 18.0 Å². The van der Waals surface area contributed by atoms with Crippen molar-refractivity contribution in [1.29, 1.82) is 0 Å². The monoisotopic (exact) mass is 324 g/mol. The number of hydrogen-bond acceptors (Lipinski definition) is 3. The molecule has 19 heavy (non-hydrogen) atoms. The number of methoxy groups -OCH3 is 1. The van der Waals surface area contributed by atoms with Crippen LogP contribution >= 0.6 is 15.9 Å². The number of halogens is 2. The quantitative estimate of drug-likeness (QED) is 0.942. The normalized spacial score (nSPS) is 10.1. The van der Waals surface area contributed by atoms with E-state index in [1.165, 1.54) is 25.4 Å². The molecule has 1 aromatic carbocycles. The molecular formula is C13H10BrFN2O2. The standard InChI is InChI=1S/C13H10BrFN2O2/c1-19-13-10(6-3-7-16-13)17-12(18)11-8(14)4-2-5-9(11)15/h2-7H,1H3,(H,17,18). The number of amides is 1. The van der Waals surface area contributed by atoms with Gasteiger partial charge in [0.05, 0.1) is 12.7 Å². The van der Waals surface area contributed by atoms with E-state index in [1.807, 2.05) is 0 Å². The Morgan fingerprint density at radius 2 is 2.16 bits per heavy atom. The lowest BCUT2D eigenvalue weighted by Gasteiger charge is -2.10. The molecule has 0 atom stereocenters. The van der Waals surface area contributed by atoms with Gasteiger partial charge in [-0.05, 0) is 40.2 Å². The molecule has 1 N–H and O–H groups in total. The fourth-order valence-corrected chi connectivity index (χ4v) is 2.07. The zero-order valence-corrected chi connectivity index (χ0v) is 11.6. The van der Waals surface area contributed by atoms with Gasteiger partial charge in [-0.1, -0.05) is 6.07 Å². The number of carbonyl (C=O) groups excluding carboxylic acids is 1. The number of rotatable bonds is 3. The van der Waals surface area contributed by atoms with Gasteiger partial charge in [0.2, 0.25) is 5.88 Å². The number of benzene rings is 1. The topological polar surface area (TPSA) is 51.2 Å². The van der Waals surface area contributed by atoms with Gasteiger partial charge in [0.25, 0.3) is 5.91 Å². The second kappa shape index (κ2) is 5.79. The maximum absolute atomic E-state index is 13.6. The molecule has 0 saturated carbocycles. The summed E-state index contributed by atoms with van der Waals surface area (Å²) in [6, 6.07) is 7.60. The second-order valence-corrected chi connectivity index (χ2v) is 4.47. The van der Waals surface area contributed by atoms with Crippen molar-refractivity contribution in [1.82, 2.24) is 4.98 Å². The van der Waals surface area contributed by atoms with E-state index in [-0.39, 0.29) is 11.4 Å². The van der Waals surface area contributed by atoms with Gasteiger partial charge in [-0.25, -0.2) is 9.37 Å². The van der Waals surface area contributed by atoms with Crippen LogP contribution in [0.2, 0.25) is 0 Å². The van der Waals surface area contributed by atoms with E-state index in [0.717, 1.165) is 0 Å². The summed E-state index contributed by atoms with van der Waals surface area (Å²) in [6.45, 7) is 0. The van der Waals surface area contributed by atoms with E-state index in [2.05, 4.69) is 26.2 Å². The zero-order chi connectivity index (χ0) is 13.8. The SMILES string of the molecule is COc1ncccc1NC(=O)c1c(F)cccc1Br. The smallest absolute Gasteiger partial charge is 0.259 e. The molecule has 0 aliphatic carbocycles. The van der Waals surface area contributed by atoms with Crippen molar-refractivity contribution in [2.45, 2.75) is 0 Å². The molecule has 0 radical (unpaired) electrons. The maximum atomic E-state index is 13.6. The van der Waals surface area contributed by atoms with Gasteiger partial charge in [0, 0.05) is 10.7 Å². The first-order valence-corrected chi connectivity index (χ1v) is 6.17. The first-order chi connectivity index (χ1) is 9.13. The van der Waals surface area contributed by atoms with Gasteiger partial charge < -0.3 is 10.1 Å². The van der Waals surface area contributed by atoms with E-state index in [9.17, 15) is 9.18 Å². The number of ether oxygens (including phenoxy) is 1. The fraction of sp³-hybridized carbons (Fsp3) is 0.0769. The van der Waals surface area contributed by atoms with E-state index in [0.29, 0.717) is 10.2 Å². The molecule has 1 amide bonds. The Bertz CT molecular complexity index is 599. The Kier molecular flexibility index (Phi) is 4.11. The number of hydrogen-bond donors (Lipinski definition) is 1. The molecule has 98 valence electrons. The molecule has 0 aliphatic rings. The Morgan fingerprint density at radius 3 is 2.84 bits per heavy atom. The van der Waals surface area contributed by atoms with Crippen molar-refractivity contribution in [2.75, 3.05) is 12.4 Å². The second-order valence-electron chi connectivity index (χ2n) is 3.61. The van der Waals surface area contributed by atoms with Crippen molar-refractivity contribution in [3.63, 3.8) is 0 Å². The zero-order valence-electron chi connectivity index (χ0n) is 9.98. The average molecular weight is 325 g/mol. The molecule has 4 nitrogen and oxygen atoms in total.